The van der Waals surface area contributed by atoms with Crippen molar-refractivity contribution >= 4 is 29.4 Å². The van der Waals surface area contributed by atoms with Gasteiger partial charge in [0.15, 0.2) is 12.4 Å². The predicted octanol–water partition coefficient (Wildman–Crippen LogP) is 3.48. The lowest BCUT2D eigenvalue weighted by atomic mass is 10.1. The van der Waals surface area contributed by atoms with Gasteiger partial charge in [-0.1, -0.05) is 32.0 Å². The molecule has 144 valence electrons. The number of amides is 1. The number of hydrogen-bond acceptors (Lipinski definition) is 5. The zero-order valence-corrected chi connectivity index (χ0v) is 15.7. The van der Waals surface area contributed by atoms with E-state index in [-0.39, 0.29) is 30.8 Å². The number of ether oxygens (including phenoxy) is 2. The molecule has 28 heavy (non-hydrogen) atoms. The molecule has 1 aliphatic rings. The summed E-state index contributed by atoms with van der Waals surface area (Å²) < 4.78 is 10.7. The highest BCUT2D eigenvalue weighted by Gasteiger charge is 2.19. The van der Waals surface area contributed by atoms with E-state index in [0.29, 0.717) is 22.6 Å². The van der Waals surface area contributed by atoms with Crippen molar-refractivity contribution in [1.82, 2.24) is 0 Å². The molecule has 2 aromatic carbocycles. The Morgan fingerprint density at radius 3 is 2.50 bits per heavy atom. The van der Waals surface area contributed by atoms with Crippen LogP contribution in [-0.2, 0) is 14.3 Å². The number of nitrogens with one attached hydrogen (secondary N) is 1. The van der Waals surface area contributed by atoms with Crippen molar-refractivity contribution in [3.63, 3.8) is 0 Å². The second kappa shape index (κ2) is 8.52. The molecular weight excluding hydrogens is 358 g/mol. The monoisotopic (exact) mass is 379 g/mol. The summed E-state index contributed by atoms with van der Waals surface area (Å²) in [6.07, 6.45) is 1.71. The number of hydrogen-bond donors (Lipinski definition) is 1. The Hall–Kier alpha value is -3.41. The van der Waals surface area contributed by atoms with E-state index in [1.165, 1.54) is 0 Å². The van der Waals surface area contributed by atoms with E-state index in [0.717, 1.165) is 5.56 Å². The average molecular weight is 379 g/mol. The smallest absolute Gasteiger partial charge is 0.337 e. The van der Waals surface area contributed by atoms with Crippen LogP contribution in [0.2, 0.25) is 0 Å². The summed E-state index contributed by atoms with van der Waals surface area (Å²) in [5.74, 6) is -0.431. The van der Waals surface area contributed by atoms with Gasteiger partial charge < -0.3 is 14.8 Å². The van der Waals surface area contributed by atoms with Gasteiger partial charge >= 0.3 is 5.97 Å². The van der Waals surface area contributed by atoms with Gasteiger partial charge in [0.1, 0.15) is 12.4 Å². The third-order valence-corrected chi connectivity index (χ3v) is 4.23. The number of rotatable bonds is 6. The van der Waals surface area contributed by atoms with Gasteiger partial charge in [-0.3, -0.25) is 9.59 Å². The Morgan fingerprint density at radius 2 is 1.79 bits per heavy atom. The SMILES string of the molecule is CC(C)C(=O)Nc1ccc(C(=O)COC(=O)C2=Cc3ccccc3OC2)cc1. The zero-order chi connectivity index (χ0) is 20.1. The molecule has 3 rings (SSSR count). The Kier molecular flexibility index (Phi) is 5.89. The van der Waals surface area contributed by atoms with Gasteiger partial charge in [-0.2, -0.15) is 0 Å². The molecular formula is C22H21NO5. The highest BCUT2D eigenvalue weighted by molar-refractivity contribution is 6.01. The van der Waals surface area contributed by atoms with Crippen LogP contribution >= 0.6 is 0 Å². The molecule has 0 saturated heterocycles. The summed E-state index contributed by atoms with van der Waals surface area (Å²) in [5, 5.41) is 2.75. The molecule has 0 atom stereocenters. The van der Waals surface area contributed by atoms with Crippen LogP contribution in [0.1, 0.15) is 29.8 Å². The van der Waals surface area contributed by atoms with Crippen LogP contribution in [0.15, 0.2) is 54.1 Å². The molecule has 6 nitrogen and oxygen atoms in total. The molecule has 1 amide bonds. The Bertz CT molecular complexity index is 928. The van der Waals surface area contributed by atoms with Crippen molar-refractivity contribution < 1.29 is 23.9 Å². The summed E-state index contributed by atoms with van der Waals surface area (Å²) in [6.45, 7) is 3.34. The number of para-hydroxylation sites is 1. The average Bonchev–Trinajstić information content (AvgIpc) is 2.71. The molecule has 0 unspecified atom stereocenters. The van der Waals surface area contributed by atoms with Crippen LogP contribution in [-0.4, -0.2) is 30.9 Å². The molecule has 1 N–H and O–H groups in total. The van der Waals surface area contributed by atoms with Crippen LogP contribution < -0.4 is 10.1 Å². The van der Waals surface area contributed by atoms with E-state index in [4.69, 9.17) is 9.47 Å². The maximum Gasteiger partial charge on any atom is 0.337 e. The number of Topliss-reactive ketones (excluding diaryl/α,β-unsaturated/α-hetero) is 1. The van der Waals surface area contributed by atoms with E-state index in [1.54, 1.807) is 44.2 Å². The summed E-state index contributed by atoms with van der Waals surface area (Å²) >= 11 is 0. The van der Waals surface area contributed by atoms with Crippen molar-refractivity contribution in [1.29, 1.82) is 0 Å². The van der Waals surface area contributed by atoms with Crippen LogP contribution in [0.3, 0.4) is 0 Å². The van der Waals surface area contributed by atoms with E-state index in [2.05, 4.69) is 5.32 Å². The lowest BCUT2D eigenvalue weighted by molar-refractivity contribution is -0.138. The number of fused-ring (bicyclic) bond motifs is 1. The fourth-order valence-electron chi connectivity index (χ4n) is 2.57. The molecule has 1 aliphatic heterocycles. The quantitative estimate of drug-likeness (QED) is 0.614. The Labute approximate surface area is 163 Å². The first-order valence-corrected chi connectivity index (χ1v) is 8.97. The Balaban J connectivity index is 1.56. The lowest BCUT2D eigenvalue weighted by Gasteiger charge is -2.16. The summed E-state index contributed by atoms with van der Waals surface area (Å²) in [7, 11) is 0. The normalized spacial score (nSPS) is 12.5. The van der Waals surface area contributed by atoms with E-state index >= 15 is 0 Å². The molecule has 0 aromatic heterocycles. The summed E-state index contributed by atoms with van der Waals surface area (Å²) in [4.78, 5) is 36.2. The molecule has 1 heterocycles. The first kappa shape index (κ1) is 19.4. The van der Waals surface area contributed by atoms with E-state index in [1.807, 2.05) is 24.3 Å². The maximum atomic E-state index is 12.3. The fraction of sp³-hybridized carbons (Fsp3) is 0.227. The van der Waals surface area contributed by atoms with Gasteiger partial charge in [-0.25, -0.2) is 4.79 Å². The van der Waals surface area contributed by atoms with E-state index in [9.17, 15) is 14.4 Å². The second-order valence-electron chi connectivity index (χ2n) is 6.72. The number of carbonyl (C=O) groups is 3. The maximum absolute atomic E-state index is 12.3. The number of carbonyl (C=O) groups excluding carboxylic acids is 3. The molecule has 0 radical (unpaired) electrons. The predicted molar refractivity (Wildman–Crippen MR) is 105 cm³/mol. The number of ketones is 1. The minimum absolute atomic E-state index is 0.0995. The number of benzene rings is 2. The molecule has 0 fully saturated rings. The van der Waals surface area contributed by atoms with Gasteiger partial charge in [0.25, 0.3) is 0 Å². The lowest BCUT2D eigenvalue weighted by Crippen LogP contribution is -2.20. The highest BCUT2D eigenvalue weighted by Crippen LogP contribution is 2.26. The first-order chi connectivity index (χ1) is 13.4. The fourth-order valence-corrected chi connectivity index (χ4v) is 2.57. The summed E-state index contributed by atoms with van der Waals surface area (Å²) in [6, 6.07) is 13.8. The highest BCUT2D eigenvalue weighted by atomic mass is 16.5. The third-order valence-electron chi connectivity index (χ3n) is 4.23. The first-order valence-electron chi connectivity index (χ1n) is 8.97. The van der Waals surface area contributed by atoms with Crippen molar-refractivity contribution in [2.24, 2.45) is 5.92 Å². The van der Waals surface area contributed by atoms with Crippen LogP contribution in [0, 0.1) is 5.92 Å². The molecule has 0 saturated carbocycles. The standard InChI is InChI=1S/C22H21NO5/c1-14(2)21(25)23-18-9-7-15(8-10-18)19(24)13-28-22(26)17-11-16-5-3-4-6-20(16)27-12-17/h3-11,14H,12-13H2,1-2H3,(H,23,25). The molecule has 0 spiro atoms. The number of anilines is 1. The van der Waals surface area contributed by atoms with Crippen molar-refractivity contribution in [2.45, 2.75) is 13.8 Å². The zero-order valence-electron chi connectivity index (χ0n) is 15.7. The Morgan fingerprint density at radius 1 is 1.07 bits per heavy atom. The number of esters is 1. The van der Waals surface area contributed by atoms with Crippen LogP contribution in [0.25, 0.3) is 6.08 Å². The van der Waals surface area contributed by atoms with Crippen LogP contribution in [0.4, 0.5) is 5.69 Å². The van der Waals surface area contributed by atoms with Gasteiger partial charge in [0.2, 0.25) is 5.91 Å². The van der Waals surface area contributed by atoms with Crippen LogP contribution in [0.5, 0.6) is 5.75 Å². The third kappa shape index (κ3) is 4.65. The minimum atomic E-state index is -0.580. The molecule has 2 aromatic rings. The topological polar surface area (TPSA) is 81.7 Å². The van der Waals surface area contributed by atoms with Gasteiger partial charge in [-0.15, -0.1) is 0 Å². The van der Waals surface area contributed by atoms with E-state index < -0.39 is 5.97 Å². The molecule has 0 bridgehead atoms. The van der Waals surface area contributed by atoms with Crippen molar-refractivity contribution in [3.05, 3.63) is 65.2 Å². The largest absolute Gasteiger partial charge is 0.488 e. The molecule has 0 aliphatic carbocycles. The van der Waals surface area contributed by atoms with Crippen molar-refractivity contribution in [3.8, 4) is 5.75 Å². The van der Waals surface area contributed by atoms with Gasteiger partial charge in [0.05, 0.1) is 5.57 Å². The summed E-state index contributed by atoms with van der Waals surface area (Å²) in [5.41, 5.74) is 2.16. The van der Waals surface area contributed by atoms with Gasteiger partial charge in [-0.05, 0) is 36.4 Å². The minimum Gasteiger partial charge on any atom is -0.488 e. The second-order valence-corrected chi connectivity index (χ2v) is 6.72. The van der Waals surface area contributed by atoms with Crippen molar-refractivity contribution in [2.75, 3.05) is 18.5 Å². The van der Waals surface area contributed by atoms with Gasteiger partial charge in [0, 0.05) is 22.7 Å². The molecule has 6 heteroatoms.